The Morgan fingerprint density at radius 1 is 1.05 bits per heavy atom. The molecule has 0 fully saturated rings. The fourth-order valence-corrected chi connectivity index (χ4v) is 2.82. The molecule has 0 amide bonds. The van der Waals surface area contributed by atoms with Crippen molar-refractivity contribution in [3.05, 3.63) is 36.4 Å². The highest BCUT2D eigenvalue weighted by atomic mass is 32.2. The van der Waals surface area contributed by atoms with Crippen molar-refractivity contribution in [2.45, 2.75) is 10.1 Å². The van der Waals surface area contributed by atoms with E-state index in [0.717, 1.165) is 32.6 Å². The molecule has 6 heteroatoms. The standard InChI is InChI=1S/C15H15N3O2S/c1-19-9-4-6-14(11(16)7-9)21-15-17-12-5-3-10(20-2)8-13(12)18-15/h3-8H,16H2,1-2H3,(H,17,18). The summed E-state index contributed by atoms with van der Waals surface area (Å²) < 4.78 is 10.4. The van der Waals surface area contributed by atoms with Gasteiger partial charge >= 0.3 is 0 Å². The van der Waals surface area contributed by atoms with E-state index in [1.54, 1.807) is 20.3 Å². The summed E-state index contributed by atoms with van der Waals surface area (Å²) in [7, 11) is 3.26. The normalized spacial score (nSPS) is 10.8. The molecule has 0 radical (unpaired) electrons. The molecule has 3 aromatic rings. The van der Waals surface area contributed by atoms with Crippen molar-refractivity contribution < 1.29 is 9.47 Å². The lowest BCUT2D eigenvalue weighted by molar-refractivity contribution is 0.414. The van der Waals surface area contributed by atoms with Crippen molar-refractivity contribution in [3.8, 4) is 11.5 Å². The van der Waals surface area contributed by atoms with Gasteiger partial charge in [-0.15, -0.1) is 0 Å². The summed E-state index contributed by atoms with van der Waals surface area (Å²) in [5, 5.41) is 0.787. The van der Waals surface area contributed by atoms with Gasteiger partial charge in [-0.1, -0.05) is 0 Å². The van der Waals surface area contributed by atoms with Crippen molar-refractivity contribution in [3.63, 3.8) is 0 Å². The van der Waals surface area contributed by atoms with Crippen molar-refractivity contribution in [1.82, 2.24) is 9.97 Å². The van der Waals surface area contributed by atoms with E-state index >= 15 is 0 Å². The third kappa shape index (κ3) is 2.75. The first-order valence-electron chi connectivity index (χ1n) is 6.34. The highest BCUT2D eigenvalue weighted by molar-refractivity contribution is 7.99. The lowest BCUT2D eigenvalue weighted by Crippen LogP contribution is -1.91. The number of ether oxygens (including phenoxy) is 2. The Morgan fingerprint density at radius 2 is 1.76 bits per heavy atom. The summed E-state index contributed by atoms with van der Waals surface area (Å²) in [6.45, 7) is 0. The first kappa shape index (κ1) is 13.6. The van der Waals surface area contributed by atoms with Gasteiger partial charge in [0, 0.05) is 22.7 Å². The maximum atomic E-state index is 6.02. The number of nitrogens with zero attached hydrogens (tertiary/aromatic N) is 1. The number of nitrogens with one attached hydrogen (secondary N) is 1. The first-order chi connectivity index (χ1) is 10.2. The highest BCUT2D eigenvalue weighted by Gasteiger charge is 2.08. The van der Waals surface area contributed by atoms with Crippen LogP contribution in [0, 0.1) is 0 Å². The Kier molecular flexibility index (Phi) is 3.62. The zero-order valence-electron chi connectivity index (χ0n) is 11.7. The molecule has 0 saturated carbocycles. The smallest absolute Gasteiger partial charge is 0.171 e. The molecule has 0 aliphatic heterocycles. The molecular weight excluding hydrogens is 286 g/mol. The minimum atomic E-state index is 0.664. The number of aromatic amines is 1. The Hall–Kier alpha value is -2.34. The predicted molar refractivity (Wildman–Crippen MR) is 84.2 cm³/mol. The van der Waals surface area contributed by atoms with Crippen LogP contribution in [0.4, 0.5) is 5.69 Å². The third-order valence-corrected chi connectivity index (χ3v) is 4.07. The summed E-state index contributed by atoms with van der Waals surface area (Å²) in [4.78, 5) is 8.72. The van der Waals surface area contributed by atoms with Gasteiger partial charge in [0.1, 0.15) is 11.5 Å². The lowest BCUT2D eigenvalue weighted by atomic mass is 10.3. The molecule has 108 valence electrons. The van der Waals surface area contributed by atoms with E-state index in [1.807, 2.05) is 30.3 Å². The van der Waals surface area contributed by atoms with Crippen molar-refractivity contribution >= 4 is 28.5 Å². The summed E-state index contributed by atoms with van der Waals surface area (Å²) in [6.07, 6.45) is 0. The zero-order valence-corrected chi connectivity index (χ0v) is 12.5. The second-order valence-electron chi connectivity index (χ2n) is 4.43. The Labute approximate surface area is 126 Å². The van der Waals surface area contributed by atoms with Gasteiger partial charge in [-0.25, -0.2) is 4.98 Å². The number of hydrogen-bond donors (Lipinski definition) is 2. The Balaban J connectivity index is 1.91. The molecule has 3 rings (SSSR count). The Bertz CT molecular complexity index is 786. The number of aromatic nitrogens is 2. The fraction of sp³-hybridized carbons (Fsp3) is 0.133. The van der Waals surface area contributed by atoms with Crippen LogP contribution >= 0.6 is 11.8 Å². The van der Waals surface area contributed by atoms with Gasteiger partial charge < -0.3 is 20.2 Å². The van der Waals surface area contributed by atoms with Crippen LogP contribution in [0.3, 0.4) is 0 Å². The van der Waals surface area contributed by atoms with E-state index < -0.39 is 0 Å². The molecule has 1 aromatic heterocycles. The maximum Gasteiger partial charge on any atom is 0.171 e. The fourth-order valence-electron chi connectivity index (χ4n) is 1.99. The lowest BCUT2D eigenvalue weighted by Gasteiger charge is -2.05. The molecule has 0 spiro atoms. The van der Waals surface area contributed by atoms with Gasteiger partial charge in [-0.05, 0) is 36.0 Å². The molecule has 2 aromatic carbocycles. The highest BCUT2D eigenvalue weighted by Crippen LogP contribution is 2.33. The number of imidazole rings is 1. The minimum absolute atomic E-state index is 0.664. The average molecular weight is 301 g/mol. The average Bonchev–Trinajstić information content (AvgIpc) is 2.90. The number of nitrogens with two attached hydrogens (primary N) is 1. The second-order valence-corrected chi connectivity index (χ2v) is 5.46. The number of anilines is 1. The number of H-pyrrole nitrogens is 1. The van der Waals surface area contributed by atoms with Crippen LogP contribution in [0.15, 0.2) is 46.5 Å². The van der Waals surface area contributed by atoms with Crippen LogP contribution in [-0.4, -0.2) is 24.2 Å². The predicted octanol–water partition coefficient (Wildman–Crippen LogP) is 3.31. The largest absolute Gasteiger partial charge is 0.497 e. The number of benzene rings is 2. The van der Waals surface area contributed by atoms with Crippen LogP contribution in [0.5, 0.6) is 11.5 Å². The summed E-state index contributed by atoms with van der Waals surface area (Å²) in [6, 6.07) is 11.3. The number of methoxy groups -OCH3 is 2. The SMILES string of the molecule is COc1ccc(Sc2nc3ccc(OC)cc3[nH]2)c(N)c1. The summed E-state index contributed by atoms with van der Waals surface area (Å²) in [5.41, 5.74) is 8.51. The second kappa shape index (κ2) is 5.57. The van der Waals surface area contributed by atoms with E-state index in [4.69, 9.17) is 15.2 Å². The number of hydrogen-bond acceptors (Lipinski definition) is 5. The summed E-state index contributed by atoms with van der Waals surface area (Å²) in [5.74, 6) is 1.54. The van der Waals surface area contributed by atoms with E-state index in [2.05, 4.69) is 9.97 Å². The molecule has 0 atom stereocenters. The molecule has 0 saturated heterocycles. The minimum Gasteiger partial charge on any atom is -0.497 e. The van der Waals surface area contributed by atoms with Crippen LogP contribution in [-0.2, 0) is 0 Å². The van der Waals surface area contributed by atoms with E-state index in [1.165, 1.54) is 11.8 Å². The van der Waals surface area contributed by atoms with Gasteiger partial charge in [0.25, 0.3) is 0 Å². The number of fused-ring (bicyclic) bond motifs is 1. The van der Waals surface area contributed by atoms with E-state index in [-0.39, 0.29) is 0 Å². The van der Waals surface area contributed by atoms with Crippen molar-refractivity contribution in [1.29, 1.82) is 0 Å². The zero-order chi connectivity index (χ0) is 14.8. The maximum absolute atomic E-state index is 6.02. The Morgan fingerprint density at radius 3 is 2.48 bits per heavy atom. The molecule has 5 nitrogen and oxygen atoms in total. The van der Waals surface area contributed by atoms with Gasteiger partial charge in [0.2, 0.25) is 0 Å². The molecule has 1 heterocycles. The van der Waals surface area contributed by atoms with Crippen LogP contribution in [0.25, 0.3) is 11.0 Å². The summed E-state index contributed by atoms with van der Waals surface area (Å²) >= 11 is 1.48. The molecule has 0 aliphatic carbocycles. The van der Waals surface area contributed by atoms with Gasteiger partial charge in [-0.3, -0.25) is 0 Å². The van der Waals surface area contributed by atoms with Crippen LogP contribution in [0.2, 0.25) is 0 Å². The molecule has 0 bridgehead atoms. The molecule has 3 N–H and O–H groups in total. The topological polar surface area (TPSA) is 73.2 Å². The monoisotopic (exact) mass is 301 g/mol. The first-order valence-corrected chi connectivity index (χ1v) is 7.16. The van der Waals surface area contributed by atoms with Crippen molar-refractivity contribution in [2.75, 3.05) is 20.0 Å². The molecule has 0 unspecified atom stereocenters. The molecular formula is C15H15N3O2S. The third-order valence-electron chi connectivity index (χ3n) is 3.09. The number of nitrogen functional groups attached to an aromatic ring is 1. The van der Waals surface area contributed by atoms with Crippen LogP contribution in [0.1, 0.15) is 0 Å². The molecule has 0 aliphatic rings. The van der Waals surface area contributed by atoms with Crippen LogP contribution < -0.4 is 15.2 Å². The van der Waals surface area contributed by atoms with E-state index in [0.29, 0.717) is 5.69 Å². The molecule has 21 heavy (non-hydrogen) atoms. The van der Waals surface area contributed by atoms with Gasteiger partial charge in [0.15, 0.2) is 5.16 Å². The van der Waals surface area contributed by atoms with E-state index in [9.17, 15) is 0 Å². The quantitative estimate of drug-likeness (QED) is 0.723. The van der Waals surface area contributed by atoms with Gasteiger partial charge in [0.05, 0.1) is 25.3 Å². The van der Waals surface area contributed by atoms with Crippen molar-refractivity contribution in [2.24, 2.45) is 0 Å². The number of rotatable bonds is 4. The van der Waals surface area contributed by atoms with Gasteiger partial charge in [-0.2, -0.15) is 0 Å².